The van der Waals surface area contributed by atoms with E-state index < -0.39 is 22.0 Å². The Morgan fingerprint density at radius 2 is 2.00 bits per heavy atom. The van der Waals surface area contributed by atoms with Crippen LogP contribution >= 0.6 is 11.3 Å². The Morgan fingerprint density at radius 1 is 1.43 bits per heavy atom. The SMILES string of the molecule is CS(=O)(=O)O.Cc1cc(C#N)c2cc(C(=O)NC(=N)N)sc2c1. The molecule has 0 saturated heterocycles. The summed E-state index contributed by atoms with van der Waals surface area (Å²) in [6.07, 6.45) is 0.715. The predicted molar refractivity (Wildman–Crippen MR) is 88.1 cm³/mol. The number of aryl methyl sites for hydroxylation is 1. The van der Waals surface area contributed by atoms with E-state index in [1.807, 2.05) is 13.0 Å². The van der Waals surface area contributed by atoms with E-state index in [-0.39, 0.29) is 0 Å². The average Bonchev–Trinajstić information content (AvgIpc) is 2.78. The van der Waals surface area contributed by atoms with Gasteiger partial charge < -0.3 is 5.73 Å². The Kier molecular flexibility index (Phi) is 5.80. The number of nitrogens with two attached hydrogens (primary N) is 1. The molecule has 0 unspecified atom stereocenters. The number of amides is 1. The number of rotatable bonds is 1. The molecule has 1 heterocycles. The van der Waals surface area contributed by atoms with Crippen molar-refractivity contribution in [2.24, 2.45) is 5.73 Å². The van der Waals surface area contributed by atoms with Gasteiger partial charge in [-0.3, -0.25) is 20.1 Å². The molecular weight excluding hydrogens is 340 g/mol. The predicted octanol–water partition coefficient (Wildman–Crippen LogP) is 1.21. The third-order valence-corrected chi connectivity index (χ3v) is 3.46. The van der Waals surface area contributed by atoms with Gasteiger partial charge >= 0.3 is 0 Å². The smallest absolute Gasteiger partial charge is 0.268 e. The first kappa shape index (κ1) is 18.6. The molecule has 0 atom stereocenters. The van der Waals surface area contributed by atoms with Crippen molar-refractivity contribution in [3.8, 4) is 6.07 Å². The molecule has 0 radical (unpaired) electrons. The highest BCUT2D eigenvalue weighted by atomic mass is 32.2. The minimum Gasteiger partial charge on any atom is -0.370 e. The number of carbonyl (C=O) groups excluding carboxylic acids is 1. The Labute approximate surface area is 136 Å². The summed E-state index contributed by atoms with van der Waals surface area (Å²) in [5.41, 5.74) is 6.63. The van der Waals surface area contributed by atoms with E-state index in [2.05, 4.69) is 11.4 Å². The van der Waals surface area contributed by atoms with Crippen LogP contribution in [0.4, 0.5) is 0 Å². The standard InChI is InChI=1S/C12H10N4OS.CH4O3S/c1-6-2-7(5-13)8-4-10(18-9(8)3-6)11(17)16-12(14)15;1-5(2,3)4/h2-4H,1H3,(H4,14,15,16,17);1H3,(H,2,3,4). The number of nitrogens with one attached hydrogen (secondary N) is 2. The number of hydrogen-bond acceptors (Lipinski definition) is 6. The molecule has 1 aromatic carbocycles. The molecule has 10 heteroatoms. The first-order valence-corrected chi connectivity index (χ1v) is 8.70. The maximum absolute atomic E-state index is 11.7. The molecule has 23 heavy (non-hydrogen) atoms. The molecule has 0 aliphatic carbocycles. The molecule has 0 aliphatic rings. The lowest BCUT2D eigenvalue weighted by atomic mass is 10.1. The fraction of sp³-hybridized carbons (Fsp3) is 0.154. The lowest BCUT2D eigenvalue weighted by Crippen LogP contribution is -2.35. The largest absolute Gasteiger partial charge is 0.370 e. The molecule has 0 aliphatic heterocycles. The summed E-state index contributed by atoms with van der Waals surface area (Å²) >= 11 is 1.28. The van der Waals surface area contributed by atoms with E-state index in [4.69, 9.17) is 21.0 Å². The van der Waals surface area contributed by atoms with Crippen LogP contribution in [0, 0.1) is 23.7 Å². The quantitative estimate of drug-likeness (QED) is 0.342. The molecular formula is C13H14N4O4S2. The van der Waals surface area contributed by atoms with Crippen LogP contribution in [0.1, 0.15) is 20.8 Å². The summed E-state index contributed by atoms with van der Waals surface area (Å²) in [5, 5.41) is 19.0. The minimum atomic E-state index is -3.67. The molecule has 2 aromatic rings. The highest BCUT2D eigenvalue weighted by Gasteiger charge is 2.13. The maximum Gasteiger partial charge on any atom is 0.268 e. The fourth-order valence-electron chi connectivity index (χ4n) is 1.67. The zero-order valence-corrected chi connectivity index (χ0v) is 13.9. The number of fused-ring (bicyclic) bond motifs is 1. The van der Waals surface area contributed by atoms with E-state index >= 15 is 0 Å². The summed E-state index contributed by atoms with van der Waals surface area (Å²) < 4.78 is 26.7. The molecule has 2 rings (SSSR count). The van der Waals surface area contributed by atoms with E-state index in [1.54, 1.807) is 12.1 Å². The van der Waals surface area contributed by atoms with Gasteiger partial charge in [-0.25, -0.2) is 0 Å². The van der Waals surface area contributed by atoms with Crippen molar-refractivity contribution >= 4 is 43.4 Å². The molecule has 1 aromatic heterocycles. The Balaban J connectivity index is 0.000000463. The molecule has 0 bridgehead atoms. The lowest BCUT2D eigenvalue weighted by molar-refractivity contribution is 0.0980. The summed E-state index contributed by atoms with van der Waals surface area (Å²) in [6, 6.07) is 7.46. The van der Waals surface area contributed by atoms with Gasteiger partial charge in [-0.1, -0.05) is 0 Å². The number of benzene rings is 1. The van der Waals surface area contributed by atoms with Crippen LogP contribution in [-0.4, -0.2) is 31.1 Å². The van der Waals surface area contributed by atoms with Crippen molar-refractivity contribution in [3.05, 3.63) is 34.2 Å². The highest BCUT2D eigenvalue weighted by molar-refractivity contribution is 7.85. The molecule has 1 amide bonds. The summed E-state index contributed by atoms with van der Waals surface area (Å²) in [6.45, 7) is 1.90. The van der Waals surface area contributed by atoms with Crippen LogP contribution in [0.5, 0.6) is 0 Å². The van der Waals surface area contributed by atoms with Gasteiger partial charge in [-0.15, -0.1) is 11.3 Å². The molecule has 0 spiro atoms. The molecule has 0 saturated carbocycles. The minimum absolute atomic E-state index is 0.394. The zero-order valence-electron chi connectivity index (χ0n) is 12.2. The lowest BCUT2D eigenvalue weighted by Gasteiger charge is -1.97. The average molecular weight is 354 g/mol. The summed E-state index contributed by atoms with van der Waals surface area (Å²) in [5.74, 6) is -0.820. The Hall–Kier alpha value is -2.48. The summed E-state index contributed by atoms with van der Waals surface area (Å²) in [7, 11) is -3.67. The fourth-order valence-corrected chi connectivity index (χ4v) is 2.75. The first-order valence-electron chi connectivity index (χ1n) is 6.03. The van der Waals surface area contributed by atoms with Crippen molar-refractivity contribution in [2.75, 3.05) is 6.26 Å². The number of nitrogens with zero attached hydrogens (tertiary/aromatic N) is 1. The van der Waals surface area contributed by atoms with Crippen LogP contribution in [0.3, 0.4) is 0 Å². The van der Waals surface area contributed by atoms with E-state index in [1.165, 1.54) is 11.3 Å². The van der Waals surface area contributed by atoms with Crippen LogP contribution in [0.25, 0.3) is 10.1 Å². The van der Waals surface area contributed by atoms with Crippen molar-refractivity contribution in [2.45, 2.75) is 6.92 Å². The molecule has 0 fully saturated rings. The third-order valence-electron chi connectivity index (χ3n) is 2.37. The van der Waals surface area contributed by atoms with E-state index in [9.17, 15) is 13.2 Å². The summed E-state index contributed by atoms with van der Waals surface area (Å²) in [4.78, 5) is 12.1. The van der Waals surface area contributed by atoms with Gasteiger partial charge in [0.05, 0.1) is 22.8 Å². The number of hydrogen-bond donors (Lipinski definition) is 4. The second-order valence-electron chi connectivity index (χ2n) is 4.55. The highest BCUT2D eigenvalue weighted by Crippen LogP contribution is 2.29. The molecule has 8 nitrogen and oxygen atoms in total. The zero-order chi connectivity index (χ0) is 17.8. The van der Waals surface area contributed by atoms with Gasteiger partial charge in [0.25, 0.3) is 16.0 Å². The van der Waals surface area contributed by atoms with Crippen LogP contribution < -0.4 is 11.1 Å². The Morgan fingerprint density at radius 3 is 2.48 bits per heavy atom. The van der Waals surface area contributed by atoms with Crippen molar-refractivity contribution in [3.63, 3.8) is 0 Å². The van der Waals surface area contributed by atoms with Gasteiger partial charge in [0.15, 0.2) is 5.96 Å². The molecule has 5 N–H and O–H groups in total. The number of guanidine groups is 1. The number of nitriles is 1. The van der Waals surface area contributed by atoms with Gasteiger partial charge in [0.1, 0.15) is 0 Å². The second kappa shape index (κ2) is 7.19. The second-order valence-corrected chi connectivity index (χ2v) is 7.10. The number of carbonyl (C=O) groups is 1. The van der Waals surface area contributed by atoms with Gasteiger partial charge in [0, 0.05) is 10.1 Å². The number of thiophene rings is 1. The van der Waals surface area contributed by atoms with Gasteiger partial charge in [-0.05, 0) is 30.7 Å². The van der Waals surface area contributed by atoms with E-state index in [0.29, 0.717) is 16.7 Å². The normalized spacial score (nSPS) is 10.3. The molecule has 122 valence electrons. The first-order chi connectivity index (χ1) is 10.5. The van der Waals surface area contributed by atoms with E-state index in [0.717, 1.165) is 15.6 Å². The topological polar surface area (TPSA) is 157 Å². The van der Waals surface area contributed by atoms with Crippen molar-refractivity contribution in [1.82, 2.24) is 5.32 Å². The van der Waals surface area contributed by atoms with Gasteiger partial charge in [0.2, 0.25) is 0 Å². The maximum atomic E-state index is 11.7. The van der Waals surface area contributed by atoms with Crippen LogP contribution in [0.2, 0.25) is 0 Å². The van der Waals surface area contributed by atoms with Crippen LogP contribution in [0.15, 0.2) is 18.2 Å². The Bertz CT molecular complexity index is 902. The van der Waals surface area contributed by atoms with Crippen LogP contribution in [-0.2, 0) is 10.1 Å². The monoisotopic (exact) mass is 354 g/mol. The third kappa shape index (κ3) is 6.03. The van der Waals surface area contributed by atoms with Crippen molar-refractivity contribution < 1.29 is 17.8 Å². The van der Waals surface area contributed by atoms with Gasteiger partial charge in [-0.2, -0.15) is 13.7 Å². The van der Waals surface area contributed by atoms with Crippen molar-refractivity contribution in [1.29, 1.82) is 10.7 Å².